The van der Waals surface area contributed by atoms with Gasteiger partial charge < -0.3 is 0 Å². The highest BCUT2D eigenvalue weighted by atomic mass is 15.1. The van der Waals surface area contributed by atoms with Crippen molar-refractivity contribution in [1.82, 2.24) is 4.57 Å². The van der Waals surface area contributed by atoms with Crippen LogP contribution >= 0.6 is 0 Å². The van der Waals surface area contributed by atoms with Crippen LogP contribution in [0.2, 0.25) is 0 Å². The summed E-state index contributed by atoms with van der Waals surface area (Å²) in [5.74, 6) is 0. The molecule has 20 heavy (non-hydrogen) atoms. The lowest BCUT2D eigenvalue weighted by Gasteiger charge is -2.03. The van der Waals surface area contributed by atoms with Crippen molar-refractivity contribution < 1.29 is 4.57 Å². The fourth-order valence-electron chi connectivity index (χ4n) is 2.70. The van der Waals surface area contributed by atoms with Crippen molar-refractivity contribution in [2.75, 3.05) is 0 Å². The van der Waals surface area contributed by atoms with Crippen LogP contribution in [0.25, 0.3) is 22.5 Å². The van der Waals surface area contributed by atoms with Gasteiger partial charge in [0.25, 0.3) is 0 Å². The topological polar surface area (TPSA) is 8.81 Å². The maximum Gasteiger partial charge on any atom is 0.244 e. The summed E-state index contributed by atoms with van der Waals surface area (Å²) >= 11 is 0. The van der Waals surface area contributed by atoms with E-state index in [-0.39, 0.29) is 0 Å². The summed E-state index contributed by atoms with van der Waals surface area (Å²) < 4.78 is 4.51. The zero-order valence-electron chi connectivity index (χ0n) is 12.0. The summed E-state index contributed by atoms with van der Waals surface area (Å²) in [5, 5.41) is 0. The maximum atomic E-state index is 2.30. The first-order chi connectivity index (χ1) is 9.81. The summed E-state index contributed by atoms with van der Waals surface area (Å²) in [7, 11) is 2.11. The van der Waals surface area contributed by atoms with Crippen molar-refractivity contribution in [2.45, 2.75) is 13.5 Å². The van der Waals surface area contributed by atoms with E-state index in [9.17, 15) is 0 Å². The lowest BCUT2D eigenvalue weighted by molar-refractivity contribution is -0.660. The molecule has 0 spiro atoms. The SMILES string of the molecule is CCn1c[n+](C)c(-c2ccccc2)c1-c1ccccc1. The van der Waals surface area contributed by atoms with Crippen LogP contribution < -0.4 is 4.57 Å². The number of nitrogens with zero attached hydrogens (tertiary/aromatic N) is 2. The van der Waals surface area contributed by atoms with Gasteiger partial charge >= 0.3 is 0 Å². The Hall–Kier alpha value is -2.35. The second-order valence-corrected chi connectivity index (χ2v) is 4.94. The Bertz CT molecular complexity index is 697. The summed E-state index contributed by atoms with van der Waals surface area (Å²) in [6, 6.07) is 21.2. The highest BCUT2D eigenvalue weighted by Crippen LogP contribution is 2.29. The Morgan fingerprint density at radius 2 is 1.40 bits per heavy atom. The van der Waals surface area contributed by atoms with E-state index in [1.807, 2.05) is 0 Å². The second kappa shape index (κ2) is 5.33. The molecule has 0 fully saturated rings. The molecular weight excluding hydrogens is 244 g/mol. The summed E-state index contributed by atoms with van der Waals surface area (Å²) in [6.07, 6.45) is 2.17. The van der Waals surface area contributed by atoms with Crippen LogP contribution in [0.5, 0.6) is 0 Å². The minimum atomic E-state index is 0.963. The average molecular weight is 263 g/mol. The molecule has 0 aliphatic rings. The molecular formula is C18H19N2+. The van der Waals surface area contributed by atoms with Crippen molar-refractivity contribution in [1.29, 1.82) is 0 Å². The molecule has 2 heteroatoms. The van der Waals surface area contributed by atoms with Gasteiger partial charge in [-0.05, 0) is 6.92 Å². The average Bonchev–Trinajstić information content (AvgIpc) is 2.85. The van der Waals surface area contributed by atoms with Crippen LogP contribution in [-0.4, -0.2) is 4.57 Å². The molecule has 0 aliphatic heterocycles. The molecule has 0 amide bonds. The number of rotatable bonds is 3. The Labute approximate surface area is 119 Å². The maximum absolute atomic E-state index is 2.30. The third kappa shape index (κ3) is 2.14. The molecule has 0 saturated carbocycles. The van der Waals surface area contributed by atoms with Gasteiger partial charge in [-0.1, -0.05) is 60.7 Å². The van der Waals surface area contributed by atoms with Crippen LogP contribution in [0.4, 0.5) is 0 Å². The third-order valence-corrected chi connectivity index (χ3v) is 3.61. The molecule has 2 aromatic carbocycles. The molecule has 3 rings (SSSR count). The predicted molar refractivity (Wildman–Crippen MR) is 82.2 cm³/mol. The first-order valence-electron chi connectivity index (χ1n) is 7.01. The molecule has 2 nitrogen and oxygen atoms in total. The Kier molecular flexibility index (Phi) is 3.38. The van der Waals surface area contributed by atoms with Crippen molar-refractivity contribution in [3.8, 4) is 22.5 Å². The molecule has 0 saturated heterocycles. The number of hydrogen-bond acceptors (Lipinski definition) is 0. The van der Waals surface area contributed by atoms with Crippen molar-refractivity contribution >= 4 is 0 Å². The Balaban J connectivity index is 2.27. The van der Waals surface area contributed by atoms with E-state index in [2.05, 4.69) is 90.1 Å². The molecule has 0 unspecified atom stereocenters. The fraction of sp³-hybridized carbons (Fsp3) is 0.167. The van der Waals surface area contributed by atoms with E-state index in [0.717, 1.165) is 6.54 Å². The number of benzene rings is 2. The third-order valence-electron chi connectivity index (χ3n) is 3.61. The lowest BCUT2D eigenvalue weighted by atomic mass is 10.0. The van der Waals surface area contributed by atoms with Gasteiger partial charge in [0, 0.05) is 11.1 Å². The van der Waals surface area contributed by atoms with Gasteiger partial charge in [0.2, 0.25) is 6.33 Å². The molecule has 0 radical (unpaired) electrons. The number of aryl methyl sites for hydroxylation is 2. The summed E-state index contributed by atoms with van der Waals surface area (Å²) in [4.78, 5) is 0. The van der Waals surface area contributed by atoms with Gasteiger partial charge in [0.15, 0.2) is 11.4 Å². The highest BCUT2D eigenvalue weighted by Gasteiger charge is 2.22. The molecule has 0 bridgehead atoms. The van der Waals surface area contributed by atoms with Crippen LogP contribution in [0.3, 0.4) is 0 Å². The molecule has 0 aliphatic carbocycles. The minimum absolute atomic E-state index is 0.963. The normalized spacial score (nSPS) is 10.7. The van der Waals surface area contributed by atoms with Crippen LogP contribution in [0, 0.1) is 0 Å². The molecule has 1 aromatic heterocycles. The largest absolute Gasteiger partial charge is 0.244 e. The first-order valence-corrected chi connectivity index (χ1v) is 7.01. The van der Waals surface area contributed by atoms with Gasteiger partial charge in [-0.3, -0.25) is 0 Å². The van der Waals surface area contributed by atoms with Gasteiger partial charge in [-0.15, -0.1) is 0 Å². The van der Waals surface area contributed by atoms with Gasteiger partial charge in [-0.25, -0.2) is 9.13 Å². The monoisotopic (exact) mass is 263 g/mol. The quantitative estimate of drug-likeness (QED) is 0.638. The van der Waals surface area contributed by atoms with E-state index < -0.39 is 0 Å². The number of hydrogen-bond donors (Lipinski definition) is 0. The molecule has 1 heterocycles. The van der Waals surface area contributed by atoms with E-state index >= 15 is 0 Å². The van der Waals surface area contributed by atoms with Crippen LogP contribution in [0.15, 0.2) is 67.0 Å². The smallest absolute Gasteiger partial charge is 0.232 e. The standard InChI is InChI=1S/C18H19N2/c1-3-20-14-19(2)17(15-10-6-4-7-11-15)18(20)16-12-8-5-9-13-16/h4-14H,3H2,1-2H3/q+1. The fourth-order valence-corrected chi connectivity index (χ4v) is 2.70. The Morgan fingerprint density at radius 3 is 1.95 bits per heavy atom. The second-order valence-electron chi connectivity index (χ2n) is 4.94. The number of imidazole rings is 1. The predicted octanol–water partition coefficient (Wildman–Crippen LogP) is 3.67. The highest BCUT2D eigenvalue weighted by molar-refractivity contribution is 5.76. The molecule has 100 valence electrons. The van der Waals surface area contributed by atoms with Crippen LogP contribution in [0.1, 0.15) is 6.92 Å². The molecule has 0 atom stereocenters. The number of aromatic nitrogens is 2. The minimum Gasteiger partial charge on any atom is -0.232 e. The zero-order chi connectivity index (χ0) is 13.9. The zero-order valence-corrected chi connectivity index (χ0v) is 12.0. The Morgan fingerprint density at radius 1 is 0.850 bits per heavy atom. The first kappa shape index (κ1) is 12.7. The molecule has 0 N–H and O–H groups in total. The van der Waals surface area contributed by atoms with Gasteiger partial charge in [0.05, 0.1) is 13.6 Å². The lowest BCUT2D eigenvalue weighted by Crippen LogP contribution is -2.27. The van der Waals surface area contributed by atoms with E-state index in [0.29, 0.717) is 0 Å². The summed E-state index contributed by atoms with van der Waals surface area (Å²) in [6.45, 7) is 3.14. The van der Waals surface area contributed by atoms with E-state index in [1.54, 1.807) is 0 Å². The van der Waals surface area contributed by atoms with Crippen molar-refractivity contribution in [3.05, 3.63) is 67.0 Å². The van der Waals surface area contributed by atoms with Crippen LogP contribution in [-0.2, 0) is 13.6 Å². The van der Waals surface area contributed by atoms with Crippen molar-refractivity contribution in [3.63, 3.8) is 0 Å². The molecule has 3 aromatic rings. The van der Waals surface area contributed by atoms with Gasteiger partial charge in [-0.2, -0.15) is 0 Å². The van der Waals surface area contributed by atoms with E-state index in [4.69, 9.17) is 0 Å². The summed E-state index contributed by atoms with van der Waals surface area (Å²) in [5.41, 5.74) is 5.05. The van der Waals surface area contributed by atoms with E-state index in [1.165, 1.54) is 22.5 Å². The van der Waals surface area contributed by atoms with Crippen molar-refractivity contribution in [2.24, 2.45) is 7.05 Å². The van der Waals surface area contributed by atoms with Gasteiger partial charge in [0.1, 0.15) is 0 Å².